The zero-order chi connectivity index (χ0) is 14.2. The van der Waals surface area contributed by atoms with Crippen LogP contribution in [0.4, 0.5) is 0 Å². The Balaban J connectivity index is 3.34. The minimum absolute atomic E-state index is 0.233. The van der Waals surface area contributed by atoms with Gasteiger partial charge in [-0.05, 0) is 25.7 Å². The van der Waals surface area contributed by atoms with Gasteiger partial charge in [0, 0.05) is 6.61 Å². The lowest BCUT2D eigenvalue weighted by Gasteiger charge is -1.99. The van der Waals surface area contributed by atoms with Gasteiger partial charge < -0.3 is 5.11 Å². The molecular weight excluding hydrogens is 232 g/mol. The molecule has 1 N–H and O–H groups in total. The normalized spacial score (nSPS) is 11.7. The first-order valence-corrected chi connectivity index (χ1v) is 7.91. The fraction of sp³-hybridized carbons (Fsp3) is 0.667. The molecule has 0 aromatic carbocycles. The van der Waals surface area contributed by atoms with Crippen molar-refractivity contribution in [2.24, 2.45) is 0 Å². The van der Waals surface area contributed by atoms with E-state index in [-0.39, 0.29) is 6.61 Å². The molecule has 0 radical (unpaired) electrons. The molecule has 0 saturated carbocycles. The van der Waals surface area contributed by atoms with Crippen LogP contribution in [0.15, 0.2) is 36.5 Å². The third-order valence-corrected chi connectivity index (χ3v) is 3.17. The van der Waals surface area contributed by atoms with E-state index in [1.54, 1.807) is 0 Å². The number of allylic oxidation sites excluding steroid dienone is 4. The Labute approximate surface area is 120 Å². The molecule has 0 aliphatic rings. The molecule has 110 valence electrons. The zero-order valence-electron chi connectivity index (χ0n) is 12.7. The zero-order valence-corrected chi connectivity index (χ0v) is 12.7. The Kier molecular flexibility index (Phi) is 14.6. The van der Waals surface area contributed by atoms with Crippen molar-refractivity contribution >= 4 is 0 Å². The molecular formula is C18H32O. The predicted octanol–water partition coefficient (Wildman–Crippen LogP) is 5.57. The van der Waals surface area contributed by atoms with E-state index < -0.39 is 0 Å². The summed E-state index contributed by atoms with van der Waals surface area (Å²) < 4.78 is 0. The molecule has 0 bridgehead atoms. The minimum Gasteiger partial charge on any atom is -0.396 e. The van der Waals surface area contributed by atoms with E-state index in [4.69, 9.17) is 5.11 Å². The second-order valence-corrected chi connectivity index (χ2v) is 5.16. The smallest absolute Gasteiger partial charge is 0.0465 e. The summed E-state index contributed by atoms with van der Waals surface area (Å²) in [6.07, 6.45) is 20.9. The average molecular weight is 264 g/mol. The summed E-state index contributed by atoms with van der Waals surface area (Å²) in [7, 11) is 0. The molecule has 0 saturated heterocycles. The van der Waals surface area contributed by atoms with Crippen molar-refractivity contribution in [2.45, 2.75) is 71.1 Å². The van der Waals surface area contributed by atoms with Crippen LogP contribution in [0.5, 0.6) is 0 Å². The molecule has 19 heavy (non-hydrogen) atoms. The first kappa shape index (κ1) is 18.2. The van der Waals surface area contributed by atoms with Gasteiger partial charge in [0.1, 0.15) is 0 Å². The maximum absolute atomic E-state index is 8.64. The molecule has 0 rings (SSSR count). The van der Waals surface area contributed by atoms with E-state index in [0.29, 0.717) is 0 Å². The summed E-state index contributed by atoms with van der Waals surface area (Å²) >= 11 is 0. The lowest BCUT2D eigenvalue weighted by Crippen LogP contribution is -1.79. The van der Waals surface area contributed by atoms with Gasteiger partial charge in [0.25, 0.3) is 0 Å². The number of aliphatic hydroxyl groups excluding tert-OH is 1. The summed E-state index contributed by atoms with van der Waals surface area (Å²) in [5, 5.41) is 8.64. The van der Waals surface area contributed by atoms with Crippen molar-refractivity contribution < 1.29 is 5.11 Å². The first-order chi connectivity index (χ1) is 9.31. The van der Waals surface area contributed by atoms with Gasteiger partial charge in [-0.25, -0.2) is 0 Å². The lowest BCUT2D eigenvalue weighted by molar-refractivity contribution is 0.302. The van der Waals surface area contributed by atoms with Crippen LogP contribution in [-0.4, -0.2) is 11.7 Å². The Morgan fingerprint density at radius 2 is 1.58 bits per heavy atom. The second-order valence-electron chi connectivity index (χ2n) is 5.16. The second kappa shape index (κ2) is 15.2. The Morgan fingerprint density at radius 3 is 2.26 bits per heavy atom. The molecule has 0 atom stereocenters. The predicted molar refractivity (Wildman–Crippen MR) is 86.3 cm³/mol. The molecule has 1 nitrogen and oxygen atoms in total. The molecule has 0 spiro atoms. The molecule has 0 aromatic heterocycles. The highest BCUT2D eigenvalue weighted by Gasteiger charge is 1.90. The Bertz CT molecular complexity index is 250. The van der Waals surface area contributed by atoms with Gasteiger partial charge in [0.05, 0.1) is 0 Å². The highest BCUT2D eigenvalue weighted by molar-refractivity contribution is 5.17. The summed E-state index contributed by atoms with van der Waals surface area (Å²) in [5.41, 5.74) is 1.15. The summed E-state index contributed by atoms with van der Waals surface area (Å²) in [6, 6.07) is 0. The van der Waals surface area contributed by atoms with Gasteiger partial charge in [-0.3, -0.25) is 0 Å². The number of hydrogen-bond donors (Lipinski definition) is 1. The fourth-order valence-corrected chi connectivity index (χ4v) is 1.96. The van der Waals surface area contributed by atoms with Crippen LogP contribution in [0.2, 0.25) is 0 Å². The third-order valence-electron chi connectivity index (χ3n) is 3.17. The third kappa shape index (κ3) is 15.1. The van der Waals surface area contributed by atoms with Crippen LogP contribution in [0.1, 0.15) is 71.1 Å². The van der Waals surface area contributed by atoms with Crippen LogP contribution in [-0.2, 0) is 0 Å². The molecule has 0 amide bonds. The van der Waals surface area contributed by atoms with Crippen LogP contribution in [0.25, 0.3) is 0 Å². The average Bonchev–Trinajstić information content (AvgIpc) is 2.42. The van der Waals surface area contributed by atoms with Crippen molar-refractivity contribution in [1.29, 1.82) is 0 Å². The summed E-state index contributed by atoms with van der Waals surface area (Å²) in [6.45, 7) is 6.51. The number of unbranched alkanes of at least 4 members (excludes halogenated alkanes) is 7. The van der Waals surface area contributed by atoms with E-state index >= 15 is 0 Å². The van der Waals surface area contributed by atoms with Crippen LogP contribution in [0, 0.1) is 0 Å². The van der Waals surface area contributed by atoms with E-state index in [9.17, 15) is 0 Å². The monoisotopic (exact) mass is 264 g/mol. The largest absolute Gasteiger partial charge is 0.396 e. The summed E-state index contributed by atoms with van der Waals surface area (Å²) in [5.74, 6) is 0. The van der Waals surface area contributed by atoms with E-state index in [2.05, 4.69) is 31.7 Å². The molecule has 0 aromatic rings. The molecule has 0 unspecified atom stereocenters. The van der Waals surface area contributed by atoms with Gasteiger partial charge in [0.15, 0.2) is 0 Å². The van der Waals surface area contributed by atoms with Gasteiger partial charge >= 0.3 is 0 Å². The van der Waals surface area contributed by atoms with Crippen LogP contribution in [0.3, 0.4) is 0 Å². The van der Waals surface area contributed by atoms with Gasteiger partial charge in [-0.2, -0.15) is 0 Å². The maximum atomic E-state index is 8.64. The molecule has 0 aliphatic carbocycles. The lowest BCUT2D eigenvalue weighted by atomic mass is 10.1. The van der Waals surface area contributed by atoms with Crippen molar-refractivity contribution in [3.63, 3.8) is 0 Å². The molecule has 0 heterocycles. The highest BCUT2D eigenvalue weighted by atomic mass is 16.2. The van der Waals surface area contributed by atoms with E-state index in [1.807, 2.05) is 6.08 Å². The van der Waals surface area contributed by atoms with Crippen LogP contribution < -0.4 is 0 Å². The fourth-order valence-electron chi connectivity index (χ4n) is 1.96. The minimum atomic E-state index is 0.233. The van der Waals surface area contributed by atoms with Crippen molar-refractivity contribution in [3.8, 4) is 0 Å². The van der Waals surface area contributed by atoms with Gasteiger partial charge in [-0.1, -0.05) is 81.9 Å². The standard InChI is InChI=1S/C18H32O/c1-3-4-5-6-7-8-9-10-12-15-18(2)16-13-11-14-17-19/h11-13,15,19H,2-10,14,16-17H2,1H3/b13-11+,15-12-. The maximum Gasteiger partial charge on any atom is 0.0465 e. The van der Waals surface area contributed by atoms with E-state index in [1.165, 1.54) is 51.4 Å². The van der Waals surface area contributed by atoms with Crippen molar-refractivity contribution in [1.82, 2.24) is 0 Å². The molecule has 1 heteroatoms. The molecule has 0 aliphatic heterocycles. The molecule has 0 fully saturated rings. The topological polar surface area (TPSA) is 20.2 Å². The number of hydrogen-bond acceptors (Lipinski definition) is 1. The number of aliphatic hydroxyl groups is 1. The van der Waals surface area contributed by atoms with Crippen LogP contribution >= 0.6 is 0 Å². The Morgan fingerprint density at radius 1 is 0.895 bits per heavy atom. The number of rotatable bonds is 13. The van der Waals surface area contributed by atoms with E-state index in [0.717, 1.165) is 18.4 Å². The Hall–Kier alpha value is -0.820. The van der Waals surface area contributed by atoms with Crippen molar-refractivity contribution in [2.75, 3.05) is 6.61 Å². The highest BCUT2D eigenvalue weighted by Crippen LogP contribution is 2.09. The van der Waals surface area contributed by atoms with Gasteiger partial charge in [-0.15, -0.1) is 0 Å². The summed E-state index contributed by atoms with van der Waals surface area (Å²) in [4.78, 5) is 0. The quantitative estimate of drug-likeness (QED) is 0.262. The van der Waals surface area contributed by atoms with Crippen molar-refractivity contribution in [3.05, 3.63) is 36.5 Å². The van der Waals surface area contributed by atoms with Gasteiger partial charge in [0.2, 0.25) is 0 Å². The first-order valence-electron chi connectivity index (χ1n) is 7.91. The SMILES string of the molecule is C=C(/C=C\CCCCCCCCC)C/C=C/CCO.